The van der Waals surface area contributed by atoms with Crippen LogP contribution in [0.2, 0.25) is 0 Å². The number of carbonyl (C=O) groups is 2. The molecule has 2 N–H and O–H groups in total. The predicted octanol–water partition coefficient (Wildman–Crippen LogP) is 2.19. The fraction of sp³-hybridized carbons (Fsp3) is 0.579. The first kappa shape index (κ1) is 20.5. The average molecular weight is 406 g/mol. The summed E-state index contributed by atoms with van der Waals surface area (Å²) >= 11 is 1.37. The lowest BCUT2D eigenvalue weighted by molar-refractivity contribution is -0.127. The standard InChI is InChI=1S/C19H27N5O3S/c1-12(10-27-3)23-18(26)16-13(2)15-17(21-11-22-19(15)28-16)20-7-5-9-24-8-4-6-14(24)25/h11-12H,4-10H2,1-3H3,(H,23,26)(H,20,21,22)/t12-/m0/s1. The molecule has 2 aromatic rings. The highest BCUT2D eigenvalue weighted by atomic mass is 32.1. The Morgan fingerprint density at radius 3 is 2.96 bits per heavy atom. The molecule has 9 heteroatoms. The van der Waals surface area contributed by atoms with Gasteiger partial charge in [-0.25, -0.2) is 9.97 Å². The number of carbonyl (C=O) groups excluding carboxylic acids is 2. The summed E-state index contributed by atoms with van der Waals surface area (Å²) in [5, 5.41) is 7.18. The quantitative estimate of drug-likeness (QED) is 0.621. The smallest absolute Gasteiger partial charge is 0.262 e. The highest BCUT2D eigenvalue weighted by Gasteiger charge is 2.21. The Bertz CT molecular complexity index is 853. The van der Waals surface area contributed by atoms with Gasteiger partial charge in [-0.2, -0.15) is 0 Å². The molecule has 0 aromatic carbocycles. The van der Waals surface area contributed by atoms with E-state index >= 15 is 0 Å². The lowest BCUT2D eigenvalue weighted by atomic mass is 10.2. The van der Waals surface area contributed by atoms with Gasteiger partial charge in [0.2, 0.25) is 5.91 Å². The largest absolute Gasteiger partial charge is 0.383 e. The first-order valence-electron chi connectivity index (χ1n) is 9.56. The number of hydrogen-bond acceptors (Lipinski definition) is 7. The zero-order chi connectivity index (χ0) is 20.1. The maximum Gasteiger partial charge on any atom is 0.262 e. The first-order chi connectivity index (χ1) is 13.5. The Labute approximate surface area is 168 Å². The van der Waals surface area contributed by atoms with Crippen molar-refractivity contribution in [2.24, 2.45) is 0 Å². The van der Waals surface area contributed by atoms with Crippen LogP contribution in [0.3, 0.4) is 0 Å². The summed E-state index contributed by atoms with van der Waals surface area (Å²) in [5.41, 5.74) is 0.875. The Morgan fingerprint density at radius 1 is 1.43 bits per heavy atom. The van der Waals surface area contributed by atoms with Crippen molar-refractivity contribution in [3.8, 4) is 0 Å². The number of ether oxygens (including phenoxy) is 1. The van der Waals surface area contributed by atoms with E-state index in [1.807, 2.05) is 18.7 Å². The summed E-state index contributed by atoms with van der Waals surface area (Å²) in [4.78, 5) is 36.3. The predicted molar refractivity (Wildman–Crippen MR) is 110 cm³/mol. The molecule has 0 radical (unpaired) electrons. The van der Waals surface area contributed by atoms with Crippen molar-refractivity contribution in [2.45, 2.75) is 39.2 Å². The van der Waals surface area contributed by atoms with Gasteiger partial charge in [-0.05, 0) is 32.3 Å². The molecular formula is C19H27N5O3S. The van der Waals surface area contributed by atoms with Crippen molar-refractivity contribution < 1.29 is 14.3 Å². The number of hydrogen-bond donors (Lipinski definition) is 2. The Hall–Kier alpha value is -2.26. The number of nitrogens with one attached hydrogen (secondary N) is 2. The van der Waals surface area contributed by atoms with Crippen LogP contribution in [0.1, 0.15) is 41.4 Å². The number of nitrogens with zero attached hydrogens (tertiary/aromatic N) is 3. The summed E-state index contributed by atoms with van der Waals surface area (Å²) in [5.74, 6) is 0.857. The van der Waals surface area contributed by atoms with Crippen LogP contribution in [0.15, 0.2) is 6.33 Å². The molecular weight excluding hydrogens is 378 g/mol. The highest BCUT2D eigenvalue weighted by Crippen LogP contribution is 2.33. The molecule has 3 rings (SSSR count). The molecule has 1 aliphatic rings. The Morgan fingerprint density at radius 2 is 2.25 bits per heavy atom. The van der Waals surface area contributed by atoms with E-state index in [9.17, 15) is 9.59 Å². The minimum absolute atomic E-state index is 0.0703. The van der Waals surface area contributed by atoms with Gasteiger partial charge in [0.1, 0.15) is 17.0 Å². The van der Waals surface area contributed by atoms with Gasteiger partial charge in [0, 0.05) is 39.2 Å². The molecule has 1 aliphatic heterocycles. The highest BCUT2D eigenvalue weighted by molar-refractivity contribution is 7.20. The SMILES string of the molecule is COC[C@H](C)NC(=O)c1sc2ncnc(NCCCN3CCCC3=O)c2c1C. The van der Waals surface area contributed by atoms with Gasteiger partial charge in [-0.3, -0.25) is 9.59 Å². The molecule has 152 valence electrons. The van der Waals surface area contributed by atoms with Crippen molar-refractivity contribution in [3.05, 3.63) is 16.8 Å². The summed E-state index contributed by atoms with van der Waals surface area (Å²) in [6.07, 6.45) is 3.99. The minimum atomic E-state index is -0.122. The lowest BCUT2D eigenvalue weighted by Crippen LogP contribution is -2.35. The van der Waals surface area contributed by atoms with E-state index in [2.05, 4.69) is 20.6 Å². The van der Waals surface area contributed by atoms with Gasteiger partial charge in [0.25, 0.3) is 5.91 Å². The number of aromatic nitrogens is 2. The van der Waals surface area contributed by atoms with Crippen LogP contribution in [-0.2, 0) is 9.53 Å². The summed E-state index contributed by atoms with van der Waals surface area (Å²) < 4.78 is 5.08. The lowest BCUT2D eigenvalue weighted by Gasteiger charge is -2.15. The third-order valence-electron chi connectivity index (χ3n) is 4.80. The second-order valence-electron chi connectivity index (χ2n) is 7.05. The van der Waals surface area contributed by atoms with Crippen molar-refractivity contribution in [3.63, 3.8) is 0 Å². The average Bonchev–Trinajstić information content (AvgIpc) is 3.22. The third kappa shape index (κ3) is 4.59. The van der Waals surface area contributed by atoms with Crippen LogP contribution in [0.4, 0.5) is 5.82 Å². The Kier molecular flexibility index (Phi) is 6.79. The van der Waals surface area contributed by atoms with Crippen molar-refractivity contribution in [1.82, 2.24) is 20.2 Å². The van der Waals surface area contributed by atoms with Crippen LogP contribution < -0.4 is 10.6 Å². The van der Waals surface area contributed by atoms with Crippen LogP contribution in [0, 0.1) is 6.92 Å². The number of amides is 2. The van der Waals surface area contributed by atoms with Gasteiger partial charge < -0.3 is 20.3 Å². The van der Waals surface area contributed by atoms with Crippen molar-refractivity contribution in [1.29, 1.82) is 0 Å². The molecule has 1 fully saturated rings. The molecule has 0 spiro atoms. The van der Waals surface area contributed by atoms with E-state index in [1.165, 1.54) is 17.7 Å². The normalized spacial score (nSPS) is 15.2. The van der Waals surface area contributed by atoms with Crippen molar-refractivity contribution >= 4 is 39.2 Å². The summed E-state index contributed by atoms with van der Waals surface area (Å²) in [6, 6.07) is -0.0703. The van der Waals surface area contributed by atoms with E-state index in [-0.39, 0.29) is 17.9 Å². The maximum atomic E-state index is 12.6. The minimum Gasteiger partial charge on any atom is -0.383 e. The van der Waals surface area contributed by atoms with Gasteiger partial charge in [-0.1, -0.05) is 0 Å². The molecule has 0 unspecified atom stereocenters. The molecule has 8 nitrogen and oxygen atoms in total. The zero-order valence-electron chi connectivity index (χ0n) is 16.6. The van der Waals surface area contributed by atoms with E-state index in [4.69, 9.17) is 4.74 Å². The number of fused-ring (bicyclic) bond motifs is 1. The monoisotopic (exact) mass is 405 g/mol. The van der Waals surface area contributed by atoms with Crippen LogP contribution in [0.25, 0.3) is 10.2 Å². The molecule has 1 saturated heterocycles. The molecule has 28 heavy (non-hydrogen) atoms. The summed E-state index contributed by atoms with van der Waals surface area (Å²) in [7, 11) is 1.61. The van der Waals surface area contributed by atoms with Crippen LogP contribution in [-0.4, -0.2) is 66.1 Å². The number of methoxy groups -OCH3 is 1. The third-order valence-corrected chi connectivity index (χ3v) is 5.99. The van der Waals surface area contributed by atoms with Gasteiger partial charge >= 0.3 is 0 Å². The van der Waals surface area contributed by atoms with Gasteiger partial charge in [0.05, 0.1) is 16.9 Å². The molecule has 1 atom stereocenters. The van der Waals surface area contributed by atoms with E-state index in [1.54, 1.807) is 7.11 Å². The van der Waals surface area contributed by atoms with Crippen LogP contribution in [0.5, 0.6) is 0 Å². The maximum absolute atomic E-state index is 12.6. The van der Waals surface area contributed by atoms with Gasteiger partial charge in [0.15, 0.2) is 0 Å². The van der Waals surface area contributed by atoms with Gasteiger partial charge in [-0.15, -0.1) is 11.3 Å². The fourth-order valence-electron chi connectivity index (χ4n) is 3.42. The second-order valence-corrected chi connectivity index (χ2v) is 8.05. The molecule has 2 aromatic heterocycles. The number of likely N-dealkylation sites (tertiary alicyclic amines) is 1. The zero-order valence-corrected chi connectivity index (χ0v) is 17.4. The number of thiophene rings is 1. The molecule has 3 heterocycles. The molecule has 2 amide bonds. The molecule has 0 aliphatic carbocycles. The fourth-order valence-corrected chi connectivity index (χ4v) is 4.47. The number of anilines is 1. The van der Waals surface area contributed by atoms with Crippen LogP contribution >= 0.6 is 11.3 Å². The van der Waals surface area contributed by atoms with Crippen molar-refractivity contribution in [2.75, 3.05) is 38.7 Å². The Balaban J connectivity index is 1.67. The topological polar surface area (TPSA) is 96.4 Å². The van der Waals surface area contributed by atoms with E-state index < -0.39 is 0 Å². The van der Waals surface area contributed by atoms with E-state index in [0.717, 1.165) is 47.5 Å². The number of rotatable bonds is 9. The second kappa shape index (κ2) is 9.29. The van der Waals surface area contributed by atoms with E-state index in [0.29, 0.717) is 24.4 Å². The summed E-state index contributed by atoms with van der Waals surface area (Å²) in [6.45, 7) is 6.61. The number of aryl methyl sites for hydroxylation is 1. The molecule has 0 saturated carbocycles. The molecule has 0 bridgehead atoms. The first-order valence-corrected chi connectivity index (χ1v) is 10.4.